The van der Waals surface area contributed by atoms with Crippen molar-refractivity contribution >= 4 is 34.3 Å². The molecule has 0 radical (unpaired) electrons. The van der Waals surface area contributed by atoms with Crippen LogP contribution in [0.2, 0.25) is 5.28 Å². The maximum absolute atomic E-state index is 6.04. The zero-order chi connectivity index (χ0) is 17.1. The summed E-state index contributed by atoms with van der Waals surface area (Å²) in [5.74, 6) is 1.29. The van der Waals surface area contributed by atoms with Crippen LogP contribution in [0.1, 0.15) is 18.9 Å². The van der Waals surface area contributed by atoms with Gasteiger partial charge in [-0.1, -0.05) is 0 Å². The number of hydrogen-bond acceptors (Lipinski definition) is 6. The van der Waals surface area contributed by atoms with Crippen molar-refractivity contribution in [3.63, 3.8) is 0 Å². The Kier molecular flexibility index (Phi) is 4.92. The van der Waals surface area contributed by atoms with Crippen molar-refractivity contribution in [2.45, 2.75) is 32.9 Å². The van der Waals surface area contributed by atoms with Gasteiger partial charge in [0.25, 0.3) is 0 Å². The summed E-state index contributed by atoms with van der Waals surface area (Å²) in [7, 11) is 1.70. The number of pyridine rings is 1. The van der Waals surface area contributed by atoms with Crippen molar-refractivity contribution in [1.82, 2.24) is 24.7 Å². The fraction of sp³-hybridized carbons (Fsp3) is 0.375. The van der Waals surface area contributed by atoms with Gasteiger partial charge in [0.05, 0.1) is 12.3 Å². The van der Waals surface area contributed by atoms with Crippen molar-refractivity contribution in [2.75, 3.05) is 12.4 Å². The van der Waals surface area contributed by atoms with Crippen molar-refractivity contribution in [2.24, 2.45) is 0 Å². The van der Waals surface area contributed by atoms with Gasteiger partial charge in [0, 0.05) is 19.9 Å². The molecule has 1 N–H and O–H groups in total. The maximum atomic E-state index is 6.04. The third-order valence-electron chi connectivity index (χ3n) is 3.77. The molecule has 126 valence electrons. The first-order valence-electron chi connectivity index (χ1n) is 7.68. The highest BCUT2D eigenvalue weighted by atomic mass is 35.5. The Hall–Kier alpha value is -2.25. The lowest BCUT2D eigenvalue weighted by Crippen LogP contribution is -2.11. The van der Waals surface area contributed by atoms with Crippen LogP contribution in [0.3, 0.4) is 0 Å². The van der Waals surface area contributed by atoms with E-state index in [-0.39, 0.29) is 11.4 Å². The molecule has 0 aliphatic carbocycles. The summed E-state index contributed by atoms with van der Waals surface area (Å²) in [6.45, 7) is 4.72. The van der Waals surface area contributed by atoms with E-state index in [9.17, 15) is 0 Å². The van der Waals surface area contributed by atoms with Gasteiger partial charge in [-0.15, -0.1) is 0 Å². The first kappa shape index (κ1) is 16.6. The number of ether oxygens (including phenoxy) is 1. The molecule has 0 bridgehead atoms. The Morgan fingerprint density at radius 3 is 2.96 bits per heavy atom. The largest absolute Gasteiger partial charge is 0.382 e. The number of nitrogens with zero attached hydrogens (tertiary/aromatic N) is 5. The van der Waals surface area contributed by atoms with Gasteiger partial charge in [-0.05, 0) is 49.6 Å². The highest BCUT2D eigenvalue weighted by Gasteiger charge is 2.14. The minimum atomic E-state index is 0.146. The first-order valence-corrected chi connectivity index (χ1v) is 8.06. The van der Waals surface area contributed by atoms with Crippen LogP contribution in [-0.4, -0.2) is 37.9 Å². The Bertz CT molecular complexity index is 850. The number of aromatic nitrogens is 5. The summed E-state index contributed by atoms with van der Waals surface area (Å²) in [6, 6.07) is 3.87. The van der Waals surface area contributed by atoms with Crippen LogP contribution >= 0.6 is 11.6 Å². The smallest absolute Gasteiger partial charge is 0.225 e. The normalized spacial score (nSPS) is 12.5. The molecular weight excluding hydrogens is 328 g/mol. The van der Waals surface area contributed by atoms with E-state index in [1.54, 1.807) is 19.5 Å². The molecule has 0 spiro atoms. The molecule has 3 aromatic heterocycles. The topological polar surface area (TPSA) is 77.8 Å². The van der Waals surface area contributed by atoms with Crippen molar-refractivity contribution in [1.29, 1.82) is 0 Å². The van der Waals surface area contributed by atoms with Crippen LogP contribution < -0.4 is 5.32 Å². The lowest BCUT2D eigenvalue weighted by molar-refractivity contribution is 0.106. The fourth-order valence-electron chi connectivity index (χ4n) is 2.37. The summed E-state index contributed by atoms with van der Waals surface area (Å²) in [5, 5.41) is 7.79. The summed E-state index contributed by atoms with van der Waals surface area (Å²) < 4.78 is 7.16. The number of hydrogen-bond donors (Lipinski definition) is 1. The van der Waals surface area contributed by atoms with Gasteiger partial charge in [0.2, 0.25) is 5.28 Å². The molecule has 0 fully saturated rings. The predicted molar refractivity (Wildman–Crippen MR) is 93.7 cm³/mol. The predicted octanol–water partition coefficient (Wildman–Crippen LogP) is 3.35. The summed E-state index contributed by atoms with van der Waals surface area (Å²) in [5.41, 5.74) is 2.59. The van der Waals surface area contributed by atoms with Gasteiger partial charge >= 0.3 is 0 Å². The van der Waals surface area contributed by atoms with E-state index in [4.69, 9.17) is 16.3 Å². The number of halogens is 1. The molecule has 3 heterocycles. The van der Waals surface area contributed by atoms with Gasteiger partial charge in [-0.2, -0.15) is 10.1 Å². The summed E-state index contributed by atoms with van der Waals surface area (Å²) >= 11 is 6.04. The third kappa shape index (κ3) is 3.63. The molecule has 24 heavy (non-hydrogen) atoms. The van der Waals surface area contributed by atoms with Gasteiger partial charge < -0.3 is 10.1 Å². The molecule has 1 atom stereocenters. The highest BCUT2D eigenvalue weighted by molar-refractivity contribution is 6.28. The molecule has 7 nitrogen and oxygen atoms in total. The van der Waals surface area contributed by atoms with Crippen LogP contribution in [0, 0.1) is 6.92 Å². The number of rotatable bonds is 6. The Morgan fingerprint density at radius 2 is 2.21 bits per heavy atom. The Labute approximate surface area is 145 Å². The number of nitrogens with one attached hydrogen (secondary N) is 1. The fourth-order valence-corrected chi connectivity index (χ4v) is 2.55. The zero-order valence-electron chi connectivity index (χ0n) is 13.8. The molecule has 0 aromatic carbocycles. The Balaban J connectivity index is 1.97. The SMILES string of the molecule is COC(C)CCn1ncc2nc(Cl)nc(Nc3cc(C)ccn3)c21. The summed E-state index contributed by atoms with van der Waals surface area (Å²) in [6.07, 6.45) is 4.41. The minimum absolute atomic E-state index is 0.146. The average molecular weight is 347 g/mol. The van der Waals surface area contributed by atoms with Crippen molar-refractivity contribution in [3.8, 4) is 0 Å². The molecule has 0 saturated carbocycles. The molecule has 1 unspecified atom stereocenters. The molecule has 0 amide bonds. The van der Waals surface area contributed by atoms with Crippen molar-refractivity contribution in [3.05, 3.63) is 35.4 Å². The van der Waals surface area contributed by atoms with Crippen LogP contribution in [0.25, 0.3) is 11.0 Å². The number of methoxy groups -OCH3 is 1. The van der Waals surface area contributed by atoms with Crippen LogP contribution in [0.4, 0.5) is 11.6 Å². The highest BCUT2D eigenvalue weighted by Crippen LogP contribution is 2.25. The molecule has 0 aliphatic rings. The van der Waals surface area contributed by atoms with Crippen LogP contribution in [0.15, 0.2) is 24.5 Å². The Morgan fingerprint density at radius 1 is 1.38 bits per heavy atom. The first-order chi connectivity index (χ1) is 11.6. The second-order valence-electron chi connectivity index (χ2n) is 5.62. The number of aryl methyl sites for hydroxylation is 2. The second kappa shape index (κ2) is 7.11. The quantitative estimate of drug-likeness (QED) is 0.690. The van der Waals surface area contributed by atoms with E-state index in [0.29, 0.717) is 23.7 Å². The van der Waals surface area contributed by atoms with Gasteiger partial charge in [0.1, 0.15) is 16.9 Å². The molecule has 0 aliphatic heterocycles. The zero-order valence-corrected chi connectivity index (χ0v) is 14.6. The van der Waals surface area contributed by atoms with Gasteiger partial charge in [-0.3, -0.25) is 4.68 Å². The monoisotopic (exact) mass is 346 g/mol. The van der Waals surface area contributed by atoms with E-state index >= 15 is 0 Å². The van der Waals surface area contributed by atoms with Gasteiger partial charge in [-0.25, -0.2) is 9.97 Å². The number of anilines is 2. The molecule has 8 heteroatoms. The third-order valence-corrected chi connectivity index (χ3v) is 3.94. The van der Waals surface area contributed by atoms with Crippen molar-refractivity contribution < 1.29 is 4.74 Å². The molecule has 3 rings (SSSR count). The molecule has 3 aromatic rings. The van der Waals surface area contributed by atoms with E-state index in [2.05, 4.69) is 25.4 Å². The molecule has 0 saturated heterocycles. The lowest BCUT2D eigenvalue weighted by atomic mass is 10.3. The van der Waals surface area contributed by atoms with Gasteiger partial charge in [0.15, 0.2) is 5.82 Å². The summed E-state index contributed by atoms with van der Waals surface area (Å²) in [4.78, 5) is 12.9. The van der Waals surface area contributed by atoms with E-state index in [1.807, 2.05) is 30.7 Å². The van der Waals surface area contributed by atoms with Crippen LogP contribution in [-0.2, 0) is 11.3 Å². The lowest BCUT2D eigenvalue weighted by Gasteiger charge is -2.12. The van der Waals surface area contributed by atoms with E-state index in [0.717, 1.165) is 17.5 Å². The molecular formula is C16H19ClN6O. The van der Waals surface area contributed by atoms with E-state index in [1.165, 1.54) is 0 Å². The number of fused-ring (bicyclic) bond motifs is 1. The standard InChI is InChI=1S/C16H19ClN6O/c1-10-4-6-18-13(8-10)21-15-14-12(20-16(17)22-15)9-19-23(14)7-5-11(2)24-3/h4,6,8-9,11H,5,7H2,1-3H3,(H,18,20,21,22). The van der Waals surface area contributed by atoms with E-state index < -0.39 is 0 Å². The maximum Gasteiger partial charge on any atom is 0.225 e. The minimum Gasteiger partial charge on any atom is -0.382 e. The average Bonchev–Trinajstić information content (AvgIpc) is 2.95. The second-order valence-corrected chi connectivity index (χ2v) is 5.96. The van der Waals surface area contributed by atoms with Crippen LogP contribution in [0.5, 0.6) is 0 Å².